The molecule has 0 fully saturated rings. The summed E-state index contributed by atoms with van der Waals surface area (Å²) >= 11 is 16.8. The first-order chi connectivity index (χ1) is 16.5. The van der Waals surface area contributed by atoms with Crippen molar-refractivity contribution in [1.82, 2.24) is 9.66 Å². The van der Waals surface area contributed by atoms with E-state index in [-0.39, 0.29) is 5.56 Å². The number of benzene rings is 3. The van der Waals surface area contributed by atoms with Gasteiger partial charge in [0.1, 0.15) is 18.2 Å². The van der Waals surface area contributed by atoms with Gasteiger partial charge in [-0.25, -0.2) is 4.98 Å². The van der Waals surface area contributed by atoms with Crippen LogP contribution in [0.5, 0.6) is 5.75 Å². The van der Waals surface area contributed by atoms with E-state index in [9.17, 15) is 4.79 Å². The molecule has 180 valence electrons. The summed E-state index contributed by atoms with van der Waals surface area (Å²) in [6.07, 6.45) is 1.58. The molecule has 0 saturated carbocycles. The summed E-state index contributed by atoms with van der Waals surface area (Å²) in [4.78, 5) is 18.2. The fourth-order valence-electron chi connectivity index (χ4n) is 3.43. The van der Waals surface area contributed by atoms with E-state index >= 15 is 0 Å². The van der Waals surface area contributed by atoms with Crippen molar-refractivity contribution >= 4 is 76.5 Å². The Kier molecular flexibility index (Phi) is 7.86. The molecule has 4 rings (SSSR count). The van der Waals surface area contributed by atoms with Crippen molar-refractivity contribution in [3.63, 3.8) is 0 Å². The predicted octanol–water partition coefficient (Wildman–Crippen LogP) is 8.10. The normalized spacial score (nSPS) is 12.0. The molecule has 1 aromatic heterocycles. The zero-order chi connectivity index (χ0) is 25.3. The van der Waals surface area contributed by atoms with Crippen LogP contribution in [0.25, 0.3) is 10.9 Å². The number of rotatable bonds is 5. The lowest BCUT2D eigenvalue weighted by Gasteiger charge is -2.21. The molecule has 0 bridgehead atoms. The smallest absolute Gasteiger partial charge is 0.282 e. The molecule has 0 N–H and O–H groups in total. The largest absolute Gasteiger partial charge is 0.487 e. The van der Waals surface area contributed by atoms with Crippen molar-refractivity contribution in [3.05, 3.63) is 100 Å². The highest BCUT2D eigenvalue weighted by molar-refractivity contribution is 9.11. The van der Waals surface area contributed by atoms with Crippen molar-refractivity contribution in [2.45, 2.75) is 32.8 Å². The van der Waals surface area contributed by atoms with Crippen molar-refractivity contribution in [1.29, 1.82) is 0 Å². The molecule has 0 atom stereocenters. The van der Waals surface area contributed by atoms with E-state index in [1.807, 2.05) is 57.2 Å². The zero-order valence-electron chi connectivity index (χ0n) is 19.2. The number of fused-ring (bicyclic) bond motifs is 1. The standard InChI is InChI=1S/C26H21Br3ClN3O2/c1-26(2,3)25-32-22-9-8-18(28)11-20(22)24(34)33(25)31-13-16-10-19(30)12-21(29)23(16)35-14-15-4-6-17(27)7-5-15/h4-13H,14H2,1-3H3. The van der Waals surface area contributed by atoms with E-state index < -0.39 is 5.41 Å². The van der Waals surface area contributed by atoms with Gasteiger partial charge in [0.2, 0.25) is 0 Å². The van der Waals surface area contributed by atoms with Gasteiger partial charge in [-0.1, -0.05) is 76.4 Å². The van der Waals surface area contributed by atoms with Gasteiger partial charge in [-0.3, -0.25) is 4.79 Å². The van der Waals surface area contributed by atoms with Gasteiger partial charge < -0.3 is 4.74 Å². The van der Waals surface area contributed by atoms with Gasteiger partial charge >= 0.3 is 0 Å². The van der Waals surface area contributed by atoms with Gasteiger partial charge in [-0.2, -0.15) is 9.78 Å². The minimum atomic E-state index is -0.423. The van der Waals surface area contributed by atoms with Crippen molar-refractivity contribution in [2.24, 2.45) is 5.10 Å². The molecule has 0 saturated heterocycles. The minimum Gasteiger partial charge on any atom is -0.487 e. The second-order valence-electron chi connectivity index (χ2n) is 8.93. The molecule has 4 aromatic rings. The van der Waals surface area contributed by atoms with Gasteiger partial charge in [0.15, 0.2) is 0 Å². The van der Waals surface area contributed by atoms with E-state index in [2.05, 4.69) is 52.9 Å². The van der Waals surface area contributed by atoms with E-state index in [1.54, 1.807) is 24.4 Å². The second kappa shape index (κ2) is 10.5. The van der Waals surface area contributed by atoms with Crippen LogP contribution in [0.15, 0.2) is 77.9 Å². The lowest BCUT2D eigenvalue weighted by Crippen LogP contribution is -2.29. The second-order valence-corrected chi connectivity index (χ2v) is 12.1. The van der Waals surface area contributed by atoms with Crippen molar-refractivity contribution < 1.29 is 4.74 Å². The lowest BCUT2D eigenvalue weighted by molar-refractivity contribution is 0.304. The Labute approximate surface area is 233 Å². The van der Waals surface area contributed by atoms with E-state index in [0.29, 0.717) is 44.1 Å². The van der Waals surface area contributed by atoms with Crippen LogP contribution in [0.3, 0.4) is 0 Å². The SMILES string of the molecule is CC(C)(C)c1nc2ccc(Br)cc2c(=O)n1N=Cc1cc(Cl)cc(Br)c1OCc1ccc(Br)cc1. The molecular formula is C26H21Br3ClN3O2. The van der Waals surface area contributed by atoms with E-state index in [1.165, 1.54) is 4.68 Å². The highest BCUT2D eigenvalue weighted by atomic mass is 79.9. The summed E-state index contributed by atoms with van der Waals surface area (Å²) in [6, 6.07) is 16.8. The number of hydrogen-bond donors (Lipinski definition) is 0. The summed E-state index contributed by atoms with van der Waals surface area (Å²) in [7, 11) is 0. The molecule has 3 aromatic carbocycles. The maximum Gasteiger partial charge on any atom is 0.282 e. The third kappa shape index (κ3) is 6.05. The Hall–Kier alpha value is -2.00. The van der Waals surface area contributed by atoms with Gasteiger partial charge in [-0.05, 0) is 64.0 Å². The van der Waals surface area contributed by atoms with Gasteiger partial charge in [0, 0.05) is 24.9 Å². The van der Waals surface area contributed by atoms with Gasteiger partial charge in [0.05, 0.1) is 21.6 Å². The van der Waals surface area contributed by atoms with Gasteiger partial charge in [-0.15, -0.1) is 0 Å². The molecule has 0 aliphatic rings. The summed E-state index contributed by atoms with van der Waals surface area (Å²) in [5.74, 6) is 1.12. The van der Waals surface area contributed by atoms with Crippen LogP contribution in [-0.2, 0) is 12.0 Å². The monoisotopic (exact) mass is 679 g/mol. The maximum absolute atomic E-state index is 13.4. The van der Waals surface area contributed by atoms with E-state index in [0.717, 1.165) is 14.5 Å². The number of aromatic nitrogens is 2. The van der Waals surface area contributed by atoms with Gasteiger partial charge in [0.25, 0.3) is 5.56 Å². The summed E-state index contributed by atoms with van der Waals surface area (Å²) in [6.45, 7) is 6.34. The summed E-state index contributed by atoms with van der Waals surface area (Å²) < 4.78 is 9.96. The molecule has 1 heterocycles. The first-order valence-corrected chi connectivity index (χ1v) is 13.4. The lowest BCUT2D eigenvalue weighted by atomic mass is 9.95. The first kappa shape index (κ1) is 26.1. The Morgan fingerprint density at radius 2 is 1.71 bits per heavy atom. The predicted molar refractivity (Wildman–Crippen MR) is 153 cm³/mol. The average molecular weight is 683 g/mol. The third-order valence-electron chi connectivity index (χ3n) is 5.13. The van der Waals surface area contributed by atoms with Crippen LogP contribution in [-0.4, -0.2) is 15.9 Å². The third-order valence-corrected chi connectivity index (χ3v) is 6.95. The molecule has 5 nitrogen and oxygen atoms in total. The Morgan fingerprint density at radius 3 is 2.40 bits per heavy atom. The Bertz CT molecular complexity index is 1490. The Morgan fingerprint density at radius 1 is 1.03 bits per heavy atom. The molecule has 0 aliphatic carbocycles. The van der Waals surface area contributed by atoms with Crippen molar-refractivity contribution in [2.75, 3.05) is 0 Å². The quantitative estimate of drug-likeness (QED) is 0.200. The first-order valence-electron chi connectivity index (χ1n) is 10.7. The fourth-order valence-corrected chi connectivity index (χ4v) is 5.00. The van der Waals surface area contributed by atoms with Crippen LogP contribution < -0.4 is 10.3 Å². The van der Waals surface area contributed by atoms with E-state index in [4.69, 9.17) is 21.3 Å². The van der Waals surface area contributed by atoms with Crippen LogP contribution >= 0.6 is 59.4 Å². The average Bonchev–Trinajstić information content (AvgIpc) is 2.78. The number of nitrogens with zero attached hydrogens (tertiary/aromatic N) is 3. The number of halogens is 4. The highest BCUT2D eigenvalue weighted by Gasteiger charge is 2.23. The minimum absolute atomic E-state index is 0.254. The molecule has 0 radical (unpaired) electrons. The molecule has 0 amide bonds. The van der Waals surface area contributed by atoms with Crippen LogP contribution in [0.2, 0.25) is 5.02 Å². The van der Waals surface area contributed by atoms with Crippen molar-refractivity contribution in [3.8, 4) is 5.75 Å². The summed E-state index contributed by atoms with van der Waals surface area (Å²) in [5, 5.41) is 5.56. The molecule has 9 heteroatoms. The van der Waals surface area contributed by atoms with Crippen LogP contribution in [0.1, 0.15) is 37.7 Å². The molecule has 0 unspecified atom stereocenters. The molecule has 35 heavy (non-hydrogen) atoms. The zero-order valence-corrected chi connectivity index (χ0v) is 24.7. The molecular weight excluding hydrogens is 661 g/mol. The number of hydrogen-bond acceptors (Lipinski definition) is 4. The maximum atomic E-state index is 13.4. The fraction of sp³-hybridized carbons (Fsp3) is 0.192. The summed E-state index contributed by atoms with van der Waals surface area (Å²) in [5.41, 5.74) is 1.58. The van der Waals surface area contributed by atoms with Crippen LogP contribution in [0, 0.1) is 0 Å². The highest BCUT2D eigenvalue weighted by Crippen LogP contribution is 2.33. The molecule has 0 aliphatic heterocycles. The van der Waals surface area contributed by atoms with Crippen LogP contribution in [0.4, 0.5) is 0 Å². The topological polar surface area (TPSA) is 56.5 Å². The number of ether oxygens (including phenoxy) is 1. The molecule has 0 spiro atoms. The Balaban J connectivity index is 1.79.